The van der Waals surface area contributed by atoms with Gasteiger partial charge in [0.2, 0.25) is 0 Å². The number of benzene rings is 1. The smallest absolute Gasteiger partial charge is 0.412 e. The molecular weight excluding hydrogens is 325 g/mol. The van der Waals surface area contributed by atoms with Gasteiger partial charge in [-0.05, 0) is 29.8 Å². The van der Waals surface area contributed by atoms with E-state index in [9.17, 15) is 18.0 Å². The van der Waals surface area contributed by atoms with Gasteiger partial charge in [-0.1, -0.05) is 12.1 Å². The first-order valence-corrected chi connectivity index (χ1v) is 7.06. The van der Waals surface area contributed by atoms with Crippen molar-refractivity contribution in [2.24, 2.45) is 0 Å². The van der Waals surface area contributed by atoms with Crippen LogP contribution in [0.2, 0.25) is 0 Å². The molecule has 0 aliphatic rings. The van der Waals surface area contributed by atoms with E-state index in [0.29, 0.717) is 11.5 Å². The van der Waals surface area contributed by atoms with Gasteiger partial charge < -0.3 is 19.4 Å². The highest BCUT2D eigenvalue weighted by Crippen LogP contribution is 2.33. The summed E-state index contributed by atoms with van der Waals surface area (Å²) < 4.78 is 49.9. The molecule has 1 atom stereocenters. The highest BCUT2D eigenvalue weighted by molar-refractivity contribution is 5.74. The summed E-state index contributed by atoms with van der Waals surface area (Å²) in [4.78, 5) is 13.2. The summed E-state index contributed by atoms with van der Waals surface area (Å²) in [6.45, 7) is 0.0615. The van der Waals surface area contributed by atoms with E-state index in [4.69, 9.17) is 9.15 Å². The lowest BCUT2D eigenvalue weighted by Crippen LogP contribution is -2.44. The van der Waals surface area contributed by atoms with E-state index in [1.807, 2.05) is 5.32 Å². The van der Waals surface area contributed by atoms with E-state index in [-0.39, 0.29) is 12.1 Å². The molecule has 24 heavy (non-hydrogen) atoms. The van der Waals surface area contributed by atoms with Crippen molar-refractivity contribution in [1.82, 2.24) is 10.2 Å². The molecule has 0 radical (unpaired) electrons. The minimum absolute atomic E-state index is 0.0615. The predicted octanol–water partition coefficient (Wildman–Crippen LogP) is 3.73. The number of nitrogens with one attached hydrogen (secondary N) is 1. The summed E-state index contributed by atoms with van der Waals surface area (Å²) in [6.07, 6.45) is -3.20. The molecule has 2 amide bonds. The maximum Gasteiger partial charge on any atom is 0.412 e. The molecule has 1 N–H and O–H groups in total. The number of hydrogen-bond donors (Lipinski definition) is 1. The van der Waals surface area contributed by atoms with E-state index < -0.39 is 18.2 Å². The predicted molar refractivity (Wildman–Crippen MR) is 80.5 cm³/mol. The minimum atomic E-state index is -4.63. The van der Waals surface area contributed by atoms with Crippen LogP contribution in [0.1, 0.15) is 17.4 Å². The quantitative estimate of drug-likeness (QED) is 0.901. The van der Waals surface area contributed by atoms with Gasteiger partial charge in [0.1, 0.15) is 11.5 Å². The highest BCUT2D eigenvalue weighted by Gasteiger charge is 2.42. The fraction of sp³-hybridized carbons (Fsp3) is 0.312. The third kappa shape index (κ3) is 4.43. The van der Waals surface area contributed by atoms with E-state index in [1.54, 1.807) is 12.1 Å². The Kier molecular flexibility index (Phi) is 5.38. The topological polar surface area (TPSA) is 54.7 Å². The second kappa shape index (κ2) is 7.29. The molecule has 130 valence electrons. The number of carbonyl (C=O) groups excluding carboxylic acids is 1. The van der Waals surface area contributed by atoms with Crippen LogP contribution in [0.4, 0.5) is 18.0 Å². The van der Waals surface area contributed by atoms with Gasteiger partial charge >= 0.3 is 12.2 Å². The molecule has 2 aromatic rings. The first-order valence-electron chi connectivity index (χ1n) is 7.06. The number of methoxy groups -OCH3 is 1. The number of hydrogen-bond acceptors (Lipinski definition) is 3. The molecule has 0 saturated carbocycles. The zero-order valence-electron chi connectivity index (χ0n) is 13.1. The SMILES string of the molecule is COc1ccc([C@H](NC(=O)N(C)Cc2ccco2)C(F)(F)F)cc1. The maximum atomic E-state index is 13.3. The van der Waals surface area contributed by atoms with Gasteiger partial charge in [0.15, 0.2) is 6.04 Å². The van der Waals surface area contributed by atoms with Crippen molar-refractivity contribution in [1.29, 1.82) is 0 Å². The maximum absolute atomic E-state index is 13.3. The number of carbonyl (C=O) groups is 1. The lowest BCUT2D eigenvalue weighted by Gasteiger charge is -2.25. The summed E-state index contributed by atoms with van der Waals surface area (Å²) in [7, 11) is 2.81. The second-order valence-corrected chi connectivity index (χ2v) is 5.13. The zero-order chi connectivity index (χ0) is 17.7. The lowest BCUT2D eigenvalue weighted by molar-refractivity contribution is -0.155. The van der Waals surface area contributed by atoms with Gasteiger partial charge in [0, 0.05) is 7.05 Å². The van der Waals surface area contributed by atoms with Crippen molar-refractivity contribution in [3.63, 3.8) is 0 Å². The Hall–Kier alpha value is -2.64. The fourth-order valence-corrected chi connectivity index (χ4v) is 2.09. The fourth-order valence-electron chi connectivity index (χ4n) is 2.09. The molecule has 8 heteroatoms. The molecule has 1 aromatic carbocycles. The molecule has 0 saturated heterocycles. The molecule has 0 spiro atoms. The van der Waals surface area contributed by atoms with Crippen LogP contribution < -0.4 is 10.1 Å². The first kappa shape index (κ1) is 17.7. The highest BCUT2D eigenvalue weighted by atomic mass is 19.4. The Morgan fingerprint density at radius 2 is 1.96 bits per heavy atom. The van der Waals surface area contributed by atoms with E-state index in [1.165, 1.54) is 44.7 Å². The number of nitrogens with zero attached hydrogens (tertiary/aromatic N) is 1. The average Bonchev–Trinajstić information content (AvgIpc) is 3.04. The number of urea groups is 1. The summed E-state index contributed by atoms with van der Waals surface area (Å²) in [5.41, 5.74) is -0.0805. The Morgan fingerprint density at radius 1 is 1.29 bits per heavy atom. The number of halogens is 3. The second-order valence-electron chi connectivity index (χ2n) is 5.13. The molecular formula is C16H17F3N2O3. The summed E-state index contributed by atoms with van der Waals surface area (Å²) in [6, 6.07) is 5.65. The van der Waals surface area contributed by atoms with Gasteiger partial charge in [0.05, 0.1) is 19.9 Å². The zero-order valence-corrected chi connectivity index (χ0v) is 13.1. The number of amides is 2. The van der Waals surface area contributed by atoms with Crippen LogP contribution in [0.3, 0.4) is 0 Å². The number of furan rings is 1. The molecule has 0 aliphatic heterocycles. The van der Waals surface area contributed by atoms with Gasteiger partial charge in [-0.2, -0.15) is 13.2 Å². The monoisotopic (exact) mass is 342 g/mol. The van der Waals surface area contributed by atoms with Crippen LogP contribution in [0.5, 0.6) is 5.75 Å². The van der Waals surface area contributed by atoms with Crippen molar-refractivity contribution in [2.75, 3.05) is 14.2 Å². The van der Waals surface area contributed by atoms with Gasteiger partial charge in [0.25, 0.3) is 0 Å². The number of ether oxygens (including phenoxy) is 1. The van der Waals surface area contributed by atoms with Crippen molar-refractivity contribution in [3.8, 4) is 5.75 Å². The first-order chi connectivity index (χ1) is 11.3. The summed E-state index contributed by atoms with van der Waals surface area (Å²) >= 11 is 0. The van der Waals surface area contributed by atoms with Crippen molar-refractivity contribution < 1.29 is 27.1 Å². The third-order valence-corrected chi connectivity index (χ3v) is 3.36. The standard InChI is InChI=1S/C16H17F3N2O3/c1-21(10-13-4-3-9-24-13)15(22)20-14(16(17,18)19)11-5-7-12(23-2)8-6-11/h3-9,14H,10H2,1-2H3,(H,20,22)/t14-/m0/s1. The summed E-state index contributed by atoms with van der Waals surface area (Å²) in [5.74, 6) is 0.904. The molecule has 0 aliphatic carbocycles. The van der Waals surface area contributed by atoms with E-state index >= 15 is 0 Å². The van der Waals surface area contributed by atoms with Gasteiger partial charge in [-0.25, -0.2) is 4.79 Å². The number of alkyl halides is 3. The third-order valence-electron chi connectivity index (χ3n) is 3.36. The van der Waals surface area contributed by atoms with Crippen molar-refractivity contribution >= 4 is 6.03 Å². The summed E-state index contributed by atoms with van der Waals surface area (Å²) in [5, 5.41) is 2.00. The van der Waals surface area contributed by atoms with Crippen molar-refractivity contribution in [3.05, 3.63) is 54.0 Å². The van der Waals surface area contributed by atoms with Crippen LogP contribution in [-0.2, 0) is 6.54 Å². The molecule has 1 heterocycles. The van der Waals surface area contributed by atoms with E-state index in [0.717, 1.165) is 4.90 Å². The van der Waals surface area contributed by atoms with Crippen molar-refractivity contribution in [2.45, 2.75) is 18.8 Å². The normalized spacial score (nSPS) is 12.5. The molecule has 0 fully saturated rings. The molecule has 0 bridgehead atoms. The minimum Gasteiger partial charge on any atom is -0.497 e. The Bertz CT molecular complexity index is 654. The van der Waals surface area contributed by atoms with Crippen LogP contribution >= 0.6 is 0 Å². The molecule has 5 nitrogen and oxygen atoms in total. The van der Waals surface area contributed by atoms with Gasteiger partial charge in [-0.3, -0.25) is 0 Å². The Labute approximate surface area is 137 Å². The largest absolute Gasteiger partial charge is 0.497 e. The number of rotatable bonds is 5. The average molecular weight is 342 g/mol. The Morgan fingerprint density at radius 3 is 2.46 bits per heavy atom. The van der Waals surface area contributed by atoms with Crippen LogP contribution in [0.15, 0.2) is 47.1 Å². The van der Waals surface area contributed by atoms with Crippen LogP contribution in [0, 0.1) is 0 Å². The van der Waals surface area contributed by atoms with Crippen LogP contribution in [0.25, 0.3) is 0 Å². The van der Waals surface area contributed by atoms with Crippen LogP contribution in [-0.4, -0.2) is 31.3 Å². The lowest BCUT2D eigenvalue weighted by atomic mass is 10.1. The molecule has 0 unspecified atom stereocenters. The molecule has 2 rings (SSSR count). The van der Waals surface area contributed by atoms with E-state index in [2.05, 4.69) is 0 Å². The Balaban J connectivity index is 2.11. The molecule has 1 aromatic heterocycles. The van der Waals surface area contributed by atoms with Gasteiger partial charge in [-0.15, -0.1) is 0 Å².